The molecule has 5 aromatic carbocycles. The van der Waals surface area contributed by atoms with Crippen LogP contribution in [0, 0.1) is 0 Å². The third-order valence-electron chi connectivity index (χ3n) is 8.18. The normalized spacial score (nSPS) is 15.8. The zero-order valence-electron chi connectivity index (χ0n) is 22.8. The van der Waals surface area contributed by atoms with Crippen molar-refractivity contribution in [2.45, 2.75) is 0 Å². The quantitative estimate of drug-likeness (QED) is 0.161. The van der Waals surface area contributed by atoms with Crippen LogP contribution in [0.2, 0.25) is 0 Å². The minimum absolute atomic E-state index is 0.326. The molecule has 2 aromatic heterocycles. The standard InChI is InChI=1S/C38H26N2O2/c1-25-22-27(14-11-21-39(26-12-3-2-4-13-26)34-19-9-7-15-28(25)34)40-35-20-10-8-17-30(35)32-23-33-29-16-5-6-18-31(29)38(41)42-37(33)24-36(32)40/h2-20,22-24H,1,21H2/b14-11-,27-22+. The van der Waals surface area contributed by atoms with Crippen molar-refractivity contribution in [3.05, 3.63) is 156 Å². The van der Waals surface area contributed by atoms with E-state index in [1.54, 1.807) is 0 Å². The summed E-state index contributed by atoms with van der Waals surface area (Å²) in [6, 6.07) is 39.1. The molecule has 42 heavy (non-hydrogen) atoms. The number of anilines is 2. The average molecular weight is 543 g/mol. The van der Waals surface area contributed by atoms with Gasteiger partial charge in [0.25, 0.3) is 0 Å². The number of hydrogen-bond acceptors (Lipinski definition) is 3. The predicted octanol–water partition coefficient (Wildman–Crippen LogP) is 9.32. The van der Waals surface area contributed by atoms with Crippen molar-refractivity contribution in [2.24, 2.45) is 0 Å². The van der Waals surface area contributed by atoms with Crippen LogP contribution >= 0.6 is 0 Å². The number of nitrogens with zero attached hydrogens (tertiary/aromatic N) is 2. The van der Waals surface area contributed by atoms with Crippen LogP contribution in [0.15, 0.2) is 149 Å². The molecule has 200 valence electrons. The van der Waals surface area contributed by atoms with Crippen molar-refractivity contribution < 1.29 is 4.42 Å². The molecule has 0 spiro atoms. The van der Waals surface area contributed by atoms with Gasteiger partial charge in [-0.05, 0) is 59.5 Å². The van der Waals surface area contributed by atoms with Gasteiger partial charge in [0.2, 0.25) is 0 Å². The first-order valence-corrected chi connectivity index (χ1v) is 14.1. The van der Waals surface area contributed by atoms with Crippen molar-refractivity contribution in [2.75, 3.05) is 11.4 Å². The van der Waals surface area contributed by atoms with E-state index in [1.165, 1.54) is 0 Å². The predicted molar refractivity (Wildman–Crippen MR) is 175 cm³/mol. The molecule has 0 N–H and O–H groups in total. The summed E-state index contributed by atoms with van der Waals surface area (Å²) in [6.45, 7) is 5.22. The molecule has 1 aliphatic rings. The highest BCUT2D eigenvalue weighted by Crippen LogP contribution is 2.39. The Kier molecular flexibility index (Phi) is 5.47. The third kappa shape index (κ3) is 3.73. The van der Waals surface area contributed by atoms with Crippen LogP contribution in [0.1, 0.15) is 5.56 Å². The topological polar surface area (TPSA) is 38.4 Å². The molecule has 7 aromatic rings. The molecule has 0 atom stereocenters. The second-order valence-corrected chi connectivity index (χ2v) is 10.6. The first kappa shape index (κ1) is 24.2. The SMILES string of the molecule is C=C1/C=C(n2c3ccccc3c3cc4c(cc32)oc(=O)c2ccccc24)\C=C/CN(c2ccccc2)c2ccccc21. The van der Waals surface area contributed by atoms with Gasteiger partial charge in [0.15, 0.2) is 0 Å². The molecule has 4 nitrogen and oxygen atoms in total. The summed E-state index contributed by atoms with van der Waals surface area (Å²) >= 11 is 0. The number of para-hydroxylation sites is 3. The van der Waals surface area contributed by atoms with E-state index < -0.39 is 0 Å². The molecule has 4 heteroatoms. The van der Waals surface area contributed by atoms with Crippen molar-refractivity contribution in [1.29, 1.82) is 0 Å². The van der Waals surface area contributed by atoms with Gasteiger partial charge < -0.3 is 13.9 Å². The highest BCUT2D eigenvalue weighted by atomic mass is 16.4. The number of hydrogen-bond donors (Lipinski definition) is 0. The molecule has 1 aliphatic heterocycles. The molecule has 0 bridgehead atoms. The minimum atomic E-state index is -0.326. The molecule has 0 unspecified atom stereocenters. The number of rotatable bonds is 2. The Labute approximate surface area is 242 Å². The lowest BCUT2D eigenvalue weighted by Crippen LogP contribution is -2.18. The van der Waals surface area contributed by atoms with Gasteiger partial charge in [0, 0.05) is 51.4 Å². The number of allylic oxidation sites excluding steroid dienone is 4. The van der Waals surface area contributed by atoms with Crippen molar-refractivity contribution >= 4 is 66.2 Å². The summed E-state index contributed by atoms with van der Waals surface area (Å²) in [6.07, 6.45) is 6.51. The Bertz CT molecular complexity index is 2320. The molecular formula is C38H26N2O2. The fraction of sp³-hybridized carbons (Fsp3) is 0.0263. The van der Waals surface area contributed by atoms with E-state index >= 15 is 0 Å². The minimum Gasteiger partial charge on any atom is -0.422 e. The second-order valence-electron chi connectivity index (χ2n) is 10.6. The van der Waals surface area contributed by atoms with Crippen LogP contribution in [-0.4, -0.2) is 11.1 Å². The maximum absolute atomic E-state index is 12.9. The van der Waals surface area contributed by atoms with Crippen molar-refractivity contribution in [3.8, 4) is 0 Å². The van der Waals surface area contributed by atoms with Gasteiger partial charge in [0.05, 0.1) is 16.4 Å². The first-order valence-electron chi connectivity index (χ1n) is 14.1. The summed E-state index contributed by atoms with van der Waals surface area (Å²) in [5, 5.41) is 4.65. The van der Waals surface area contributed by atoms with E-state index in [0.29, 0.717) is 17.5 Å². The highest BCUT2D eigenvalue weighted by molar-refractivity contribution is 6.17. The molecule has 0 fully saturated rings. The van der Waals surface area contributed by atoms with Gasteiger partial charge in [-0.15, -0.1) is 0 Å². The molecule has 0 radical (unpaired) electrons. The zero-order valence-corrected chi connectivity index (χ0v) is 22.8. The highest BCUT2D eigenvalue weighted by Gasteiger charge is 2.19. The van der Waals surface area contributed by atoms with Gasteiger partial charge in [-0.3, -0.25) is 0 Å². The number of benzene rings is 5. The Morgan fingerprint density at radius 1 is 0.667 bits per heavy atom. The van der Waals surface area contributed by atoms with Crippen molar-refractivity contribution in [1.82, 2.24) is 4.57 Å². The number of fused-ring (bicyclic) bond motifs is 7. The van der Waals surface area contributed by atoms with E-state index in [-0.39, 0.29) is 5.63 Å². The summed E-state index contributed by atoms with van der Waals surface area (Å²) < 4.78 is 8.14. The summed E-state index contributed by atoms with van der Waals surface area (Å²) in [4.78, 5) is 15.2. The van der Waals surface area contributed by atoms with Crippen LogP contribution in [0.25, 0.3) is 54.8 Å². The van der Waals surface area contributed by atoms with E-state index in [4.69, 9.17) is 4.42 Å². The molecular weight excluding hydrogens is 516 g/mol. The van der Waals surface area contributed by atoms with Crippen LogP contribution in [0.4, 0.5) is 11.4 Å². The molecule has 0 saturated carbocycles. The Morgan fingerprint density at radius 3 is 2.24 bits per heavy atom. The second kappa shape index (κ2) is 9.50. The first-order chi connectivity index (χ1) is 20.7. The smallest absolute Gasteiger partial charge is 0.344 e. The van der Waals surface area contributed by atoms with E-state index in [1.807, 2.05) is 36.4 Å². The van der Waals surface area contributed by atoms with Crippen LogP contribution < -0.4 is 10.5 Å². The lowest BCUT2D eigenvalue weighted by atomic mass is 10.0. The maximum atomic E-state index is 12.9. The Hall–Kier alpha value is -5.61. The Morgan fingerprint density at radius 2 is 1.38 bits per heavy atom. The molecule has 0 amide bonds. The zero-order chi connectivity index (χ0) is 28.2. The van der Waals surface area contributed by atoms with Crippen LogP contribution in [0.3, 0.4) is 0 Å². The molecule has 0 aliphatic carbocycles. The average Bonchev–Trinajstić information content (AvgIpc) is 3.38. The fourth-order valence-corrected chi connectivity index (χ4v) is 6.27. The van der Waals surface area contributed by atoms with Crippen molar-refractivity contribution in [3.63, 3.8) is 0 Å². The van der Waals surface area contributed by atoms with Crippen LogP contribution in [-0.2, 0) is 0 Å². The monoisotopic (exact) mass is 542 g/mol. The van der Waals surface area contributed by atoms with E-state index in [2.05, 4.69) is 113 Å². The lowest BCUT2D eigenvalue weighted by Gasteiger charge is -2.26. The molecule has 3 heterocycles. The van der Waals surface area contributed by atoms with Gasteiger partial charge >= 0.3 is 5.63 Å². The molecule has 0 saturated heterocycles. The van der Waals surface area contributed by atoms with E-state index in [9.17, 15) is 4.79 Å². The van der Waals surface area contributed by atoms with E-state index in [0.717, 1.165) is 60.8 Å². The fourth-order valence-electron chi connectivity index (χ4n) is 6.27. The summed E-state index contributed by atoms with van der Waals surface area (Å²) in [7, 11) is 0. The van der Waals surface area contributed by atoms with Gasteiger partial charge in [-0.1, -0.05) is 85.5 Å². The van der Waals surface area contributed by atoms with Gasteiger partial charge in [-0.25, -0.2) is 4.79 Å². The number of aromatic nitrogens is 1. The van der Waals surface area contributed by atoms with Gasteiger partial charge in [-0.2, -0.15) is 0 Å². The maximum Gasteiger partial charge on any atom is 0.344 e. The molecule has 8 rings (SSSR count). The largest absolute Gasteiger partial charge is 0.422 e. The summed E-state index contributed by atoms with van der Waals surface area (Å²) in [5.41, 5.74) is 7.50. The lowest BCUT2D eigenvalue weighted by molar-refractivity contribution is 0.570. The van der Waals surface area contributed by atoms with Crippen LogP contribution in [0.5, 0.6) is 0 Å². The summed E-state index contributed by atoms with van der Waals surface area (Å²) in [5.74, 6) is 0. The Balaban J connectivity index is 1.40. The van der Waals surface area contributed by atoms with Gasteiger partial charge in [0.1, 0.15) is 5.58 Å². The third-order valence-corrected chi connectivity index (χ3v) is 8.18.